The number of carbonyl (C=O) groups excluding carboxylic acids is 1. The second kappa shape index (κ2) is 3.98. The number of hydrogen-bond donors (Lipinski definition) is 1. The summed E-state index contributed by atoms with van der Waals surface area (Å²) in [5, 5.41) is 3.46. The van der Waals surface area contributed by atoms with Crippen LogP contribution in [0.25, 0.3) is 0 Å². The molecule has 1 aliphatic rings. The van der Waals surface area contributed by atoms with Crippen molar-refractivity contribution in [3.05, 3.63) is 35.4 Å². The molecule has 0 radical (unpaired) electrons. The maximum absolute atomic E-state index is 12.9. The van der Waals surface area contributed by atoms with Crippen LogP contribution in [0.1, 0.15) is 5.56 Å². The second-order valence-corrected chi connectivity index (χ2v) is 3.85. The highest BCUT2D eigenvalue weighted by atomic mass is 32.2. The number of carbonyl (C=O) groups is 1. The van der Waals surface area contributed by atoms with Gasteiger partial charge in [-0.1, -0.05) is 11.8 Å². The third kappa shape index (κ3) is 2.33. The Hall–Kier alpha value is -1.43. The van der Waals surface area contributed by atoms with Gasteiger partial charge in [-0.15, -0.1) is 0 Å². The molecule has 1 aromatic carbocycles. The number of rotatable bonds is 1. The number of halogens is 2. The number of nitrogens with one attached hydrogen (secondary N) is 1. The van der Waals surface area contributed by atoms with E-state index in [-0.39, 0.29) is 5.24 Å². The smallest absolute Gasteiger partial charge is 0.260 e. The van der Waals surface area contributed by atoms with Gasteiger partial charge in [0.25, 0.3) is 5.24 Å². The highest BCUT2D eigenvalue weighted by Crippen LogP contribution is 2.15. The molecule has 6 heteroatoms. The van der Waals surface area contributed by atoms with E-state index in [1.807, 2.05) is 0 Å². The molecular weight excluding hydrogens is 222 g/mol. The van der Waals surface area contributed by atoms with Crippen LogP contribution in [0.15, 0.2) is 23.3 Å². The molecule has 0 aliphatic carbocycles. The van der Waals surface area contributed by atoms with Crippen molar-refractivity contribution in [3.63, 3.8) is 0 Å². The molecule has 0 spiro atoms. The third-order valence-electron chi connectivity index (χ3n) is 1.82. The monoisotopic (exact) mass is 228 g/mol. The summed E-state index contributed by atoms with van der Waals surface area (Å²) in [6.07, 6.45) is 0. The predicted molar refractivity (Wildman–Crippen MR) is 53.9 cm³/mol. The van der Waals surface area contributed by atoms with Crippen LogP contribution in [0.5, 0.6) is 0 Å². The highest BCUT2D eigenvalue weighted by Gasteiger charge is 2.15. The van der Waals surface area contributed by atoms with Crippen molar-refractivity contribution in [1.82, 2.24) is 5.43 Å². The summed E-state index contributed by atoms with van der Waals surface area (Å²) < 4.78 is 25.7. The lowest BCUT2D eigenvalue weighted by Gasteiger charge is -2.11. The topological polar surface area (TPSA) is 41.5 Å². The summed E-state index contributed by atoms with van der Waals surface area (Å²) in [4.78, 5) is 10.8. The molecule has 0 saturated carbocycles. The van der Waals surface area contributed by atoms with Crippen molar-refractivity contribution < 1.29 is 13.6 Å². The Bertz CT molecular complexity index is 427. The zero-order valence-electron chi connectivity index (χ0n) is 7.46. The zero-order valence-corrected chi connectivity index (χ0v) is 8.28. The van der Waals surface area contributed by atoms with Crippen LogP contribution in [-0.2, 0) is 0 Å². The van der Waals surface area contributed by atoms with Crippen LogP contribution in [0.2, 0.25) is 0 Å². The Morgan fingerprint density at radius 3 is 2.47 bits per heavy atom. The molecule has 1 aromatic rings. The van der Waals surface area contributed by atoms with Gasteiger partial charge in [-0.2, -0.15) is 5.10 Å². The molecule has 0 bridgehead atoms. The van der Waals surface area contributed by atoms with Crippen LogP contribution < -0.4 is 5.43 Å². The van der Waals surface area contributed by atoms with Crippen molar-refractivity contribution in [1.29, 1.82) is 0 Å². The molecule has 1 heterocycles. The number of hydrazone groups is 1. The molecule has 0 unspecified atom stereocenters. The molecule has 0 fully saturated rings. The van der Waals surface area contributed by atoms with E-state index < -0.39 is 11.6 Å². The number of thioether (sulfide) groups is 1. The molecule has 3 nitrogen and oxygen atoms in total. The van der Waals surface area contributed by atoms with E-state index in [1.54, 1.807) is 0 Å². The van der Waals surface area contributed by atoms with E-state index >= 15 is 0 Å². The number of amides is 1. The number of hydrogen-bond acceptors (Lipinski definition) is 3. The van der Waals surface area contributed by atoms with E-state index in [2.05, 4.69) is 10.5 Å². The zero-order chi connectivity index (χ0) is 10.8. The lowest BCUT2D eigenvalue weighted by Crippen LogP contribution is -2.23. The minimum absolute atomic E-state index is 0.268. The van der Waals surface area contributed by atoms with Crippen LogP contribution in [0.3, 0.4) is 0 Å². The van der Waals surface area contributed by atoms with E-state index in [0.29, 0.717) is 17.0 Å². The molecular formula is C9H6F2N2OS. The summed E-state index contributed by atoms with van der Waals surface area (Å²) >= 11 is 1.01. The lowest BCUT2D eigenvalue weighted by atomic mass is 10.1. The number of benzene rings is 1. The fraction of sp³-hybridized carbons (Fsp3) is 0.111. The molecule has 1 aliphatic heterocycles. The van der Waals surface area contributed by atoms with Crippen molar-refractivity contribution in [2.75, 3.05) is 5.75 Å². The van der Waals surface area contributed by atoms with E-state index in [4.69, 9.17) is 0 Å². The summed E-state index contributed by atoms with van der Waals surface area (Å²) in [7, 11) is 0. The van der Waals surface area contributed by atoms with Crippen LogP contribution >= 0.6 is 11.8 Å². The molecule has 0 aromatic heterocycles. The molecule has 2 rings (SSSR count). The first-order chi connectivity index (χ1) is 7.15. The van der Waals surface area contributed by atoms with Gasteiger partial charge in [0.1, 0.15) is 11.6 Å². The van der Waals surface area contributed by atoms with Gasteiger partial charge in [-0.3, -0.25) is 4.79 Å². The van der Waals surface area contributed by atoms with Crippen LogP contribution in [-0.4, -0.2) is 16.7 Å². The minimum Gasteiger partial charge on any atom is -0.260 e. The molecule has 1 amide bonds. The summed E-state index contributed by atoms with van der Waals surface area (Å²) in [5.74, 6) is -1.00. The Morgan fingerprint density at radius 1 is 1.27 bits per heavy atom. The van der Waals surface area contributed by atoms with Gasteiger partial charge < -0.3 is 0 Å². The van der Waals surface area contributed by atoms with Gasteiger partial charge in [0.15, 0.2) is 0 Å². The van der Waals surface area contributed by atoms with E-state index in [9.17, 15) is 13.6 Å². The van der Waals surface area contributed by atoms with Gasteiger partial charge >= 0.3 is 0 Å². The first-order valence-electron chi connectivity index (χ1n) is 4.11. The normalized spacial score (nSPS) is 15.9. The summed E-state index contributed by atoms with van der Waals surface area (Å²) in [6.45, 7) is 0. The molecule has 15 heavy (non-hydrogen) atoms. The Balaban J connectivity index is 2.33. The second-order valence-electron chi connectivity index (χ2n) is 2.90. The molecule has 0 saturated heterocycles. The van der Waals surface area contributed by atoms with E-state index in [1.165, 1.54) is 12.1 Å². The van der Waals surface area contributed by atoms with Gasteiger partial charge in [0.2, 0.25) is 0 Å². The molecule has 78 valence electrons. The number of nitrogens with zero attached hydrogens (tertiary/aromatic N) is 1. The summed E-state index contributed by atoms with van der Waals surface area (Å²) in [5.41, 5.74) is 3.04. The molecule has 1 N–H and O–H groups in total. The minimum atomic E-state index is -0.658. The maximum Gasteiger partial charge on any atom is 0.299 e. The van der Waals surface area contributed by atoms with Crippen molar-refractivity contribution in [2.45, 2.75) is 0 Å². The fourth-order valence-corrected chi connectivity index (χ4v) is 1.79. The third-order valence-corrected chi connectivity index (χ3v) is 2.59. The van der Waals surface area contributed by atoms with Crippen molar-refractivity contribution in [2.24, 2.45) is 5.10 Å². The van der Waals surface area contributed by atoms with Gasteiger partial charge in [0, 0.05) is 17.4 Å². The Labute approximate surface area is 88.6 Å². The van der Waals surface area contributed by atoms with Crippen LogP contribution in [0, 0.1) is 11.6 Å². The quantitative estimate of drug-likeness (QED) is 0.800. The first-order valence-corrected chi connectivity index (χ1v) is 5.09. The lowest BCUT2D eigenvalue weighted by molar-refractivity contribution is 0.261. The van der Waals surface area contributed by atoms with Crippen molar-refractivity contribution >= 4 is 22.7 Å². The van der Waals surface area contributed by atoms with Crippen molar-refractivity contribution in [3.8, 4) is 0 Å². The van der Waals surface area contributed by atoms with Gasteiger partial charge in [-0.25, -0.2) is 14.2 Å². The van der Waals surface area contributed by atoms with E-state index in [0.717, 1.165) is 17.8 Å². The largest absolute Gasteiger partial charge is 0.299 e. The highest BCUT2D eigenvalue weighted by molar-refractivity contribution is 8.14. The standard InChI is InChI=1S/C9H6F2N2OS/c10-6-1-5(2-7(11)3-6)8-4-15-9(14)13-12-8/h1-3H,4H2,(H,13,14). The summed E-state index contributed by atoms with van der Waals surface area (Å²) in [6, 6.07) is 3.15. The molecule has 0 atom stereocenters. The SMILES string of the molecule is O=C1NN=C(c2cc(F)cc(F)c2)CS1. The fourth-order valence-electron chi connectivity index (χ4n) is 1.18. The first kappa shape index (κ1) is 10.1. The van der Waals surface area contributed by atoms with Crippen LogP contribution in [0.4, 0.5) is 13.6 Å². The van der Waals surface area contributed by atoms with Gasteiger partial charge in [0.05, 0.1) is 5.71 Å². The predicted octanol–water partition coefficient (Wildman–Crippen LogP) is 2.13. The average Bonchev–Trinajstić information content (AvgIpc) is 2.17. The Morgan fingerprint density at radius 2 is 1.93 bits per heavy atom. The van der Waals surface area contributed by atoms with Gasteiger partial charge in [-0.05, 0) is 12.1 Å². The average molecular weight is 228 g/mol. The Kier molecular flexibility index (Phi) is 2.68. The maximum atomic E-state index is 12.9.